The molecule has 5 nitrogen and oxygen atoms in total. The number of benzene rings is 1. The Balaban J connectivity index is 0.000000675. The van der Waals surface area contributed by atoms with Crippen LogP contribution in [0.4, 0.5) is 0 Å². The molecule has 0 radical (unpaired) electrons. The van der Waals surface area contributed by atoms with E-state index < -0.39 is 12.0 Å². The number of rotatable bonds is 11. The Labute approximate surface area is 200 Å². The van der Waals surface area contributed by atoms with E-state index in [4.69, 9.17) is 0 Å². The van der Waals surface area contributed by atoms with E-state index in [1.54, 1.807) is 0 Å². The van der Waals surface area contributed by atoms with Crippen molar-refractivity contribution in [3.05, 3.63) is 47.2 Å². The summed E-state index contributed by atoms with van der Waals surface area (Å²) in [6, 6.07) is 9.84. The molecule has 1 aliphatic rings. The molecule has 0 saturated heterocycles. The number of hydrogen-bond acceptors (Lipinski definition) is 5. The van der Waals surface area contributed by atoms with Crippen molar-refractivity contribution in [1.29, 1.82) is 0 Å². The van der Waals surface area contributed by atoms with Crippen LogP contribution in [-0.2, 0) is 16.1 Å². The minimum absolute atomic E-state index is 0.0237. The van der Waals surface area contributed by atoms with Crippen LogP contribution in [0.3, 0.4) is 0 Å². The summed E-state index contributed by atoms with van der Waals surface area (Å²) >= 11 is 0. The molecule has 1 aliphatic carbocycles. The smallest absolute Gasteiger partial charge is 0.197 e. The summed E-state index contributed by atoms with van der Waals surface area (Å²) in [6.45, 7) is 13.0. The lowest BCUT2D eigenvalue weighted by molar-refractivity contribution is -0.123. The fourth-order valence-electron chi connectivity index (χ4n) is 3.69. The van der Waals surface area contributed by atoms with Crippen LogP contribution in [0, 0.1) is 23.7 Å². The van der Waals surface area contributed by atoms with E-state index in [-0.39, 0.29) is 17.1 Å². The summed E-state index contributed by atoms with van der Waals surface area (Å²) in [5.41, 5.74) is 1.91. The monoisotopic (exact) mass is 457 g/mol. The number of nitrogens with zero attached hydrogens (tertiary/aromatic N) is 1. The predicted molar refractivity (Wildman–Crippen MR) is 135 cm³/mol. The van der Waals surface area contributed by atoms with Gasteiger partial charge in [-0.2, -0.15) is 0 Å². The predicted octanol–water partition coefficient (Wildman–Crippen LogP) is 6.10. The third-order valence-corrected chi connectivity index (χ3v) is 5.61. The molecule has 2 N–H and O–H groups in total. The maximum Gasteiger partial charge on any atom is 0.197 e. The van der Waals surface area contributed by atoms with Gasteiger partial charge in [0.2, 0.25) is 0 Å². The van der Waals surface area contributed by atoms with Crippen LogP contribution in [0.5, 0.6) is 0 Å². The van der Waals surface area contributed by atoms with Crippen molar-refractivity contribution in [3.8, 4) is 0 Å². The average molecular weight is 458 g/mol. The molecule has 0 fully saturated rings. The molecule has 0 saturated carbocycles. The lowest BCUT2D eigenvalue weighted by Gasteiger charge is -2.15. The maximum atomic E-state index is 12.7. The highest BCUT2D eigenvalue weighted by molar-refractivity contribution is 6.25. The first-order chi connectivity index (χ1) is 15.6. The van der Waals surface area contributed by atoms with E-state index in [1.807, 2.05) is 30.3 Å². The van der Waals surface area contributed by atoms with E-state index in [0.29, 0.717) is 42.9 Å². The zero-order chi connectivity index (χ0) is 25.0. The molecule has 0 aromatic heterocycles. The Morgan fingerprint density at radius 3 is 2.09 bits per heavy atom. The minimum atomic E-state index is -1.15. The largest absolute Gasteiger partial charge is 0.511 e. The standard InChI is InChI=1S/C22H31NO3.C6H12O/c1-14(2)10-11-17-20(24)19(22(26)21(17)25)18(12-15(3)4)23-13-16-8-6-5-7-9-16;1-6(2)4-3-5-7/h5-9,14-15,17,21,24-25H,10-13H2,1-4H3;5-6H,3-4H2,1-2H3. The van der Waals surface area contributed by atoms with Crippen LogP contribution in [-0.4, -0.2) is 34.1 Å². The van der Waals surface area contributed by atoms with Gasteiger partial charge in [0.15, 0.2) is 5.78 Å². The van der Waals surface area contributed by atoms with Crippen LogP contribution in [0.1, 0.15) is 79.2 Å². The number of Topliss-reactive ketones (excluding diaryl/α,β-unsaturated/α-hetero) is 1. The van der Waals surface area contributed by atoms with Crippen LogP contribution < -0.4 is 0 Å². The Hall–Kier alpha value is -2.27. The molecule has 0 spiro atoms. The van der Waals surface area contributed by atoms with Gasteiger partial charge in [0, 0.05) is 12.1 Å². The van der Waals surface area contributed by atoms with Crippen molar-refractivity contribution in [3.63, 3.8) is 0 Å². The van der Waals surface area contributed by atoms with E-state index in [0.717, 1.165) is 31.1 Å². The van der Waals surface area contributed by atoms with Gasteiger partial charge in [-0.15, -0.1) is 0 Å². The molecule has 2 rings (SSSR count). The molecule has 184 valence electrons. The number of ketones is 1. The zero-order valence-corrected chi connectivity index (χ0v) is 21.3. The third-order valence-electron chi connectivity index (χ3n) is 5.61. The number of aliphatic hydroxyl groups excluding tert-OH is 2. The maximum absolute atomic E-state index is 12.7. The summed E-state index contributed by atoms with van der Waals surface area (Å²) in [7, 11) is 0. The van der Waals surface area contributed by atoms with Crippen molar-refractivity contribution in [2.45, 2.75) is 86.3 Å². The second kappa shape index (κ2) is 14.8. The van der Waals surface area contributed by atoms with Crippen LogP contribution in [0.2, 0.25) is 0 Å². The van der Waals surface area contributed by atoms with E-state index in [2.05, 4.69) is 46.5 Å². The van der Waals surface area contributed by atoms with Gasteiger partial charge in [-0.3, -0.25) is 9.79 Å². The third kappa shape index (κ3) is 10.0. The van der Waals surface area contributed by atoms with Crippen molar-refractivity contribution < 1.29 is 19.8 Å². The molecule has 1 aromatic rings. The van der Waals surface area contributed by atoms with Crippen molar-refractivity contribution >= 4 is 17.8 Å². The number of hydrogen-bond donors (Lipinski definition) is 2. The summed E-state index contributed by atoms with van der Waals surface area (Å²) in [4.78, 5) is 27.0. The lowest BCUT2D eigenvalue weighted by atomic mass is 9.94. The van der Waals surface area contributed by atoms with Gasteiger partial charge in [-0.1, -0.05) is 78.3 Å². The van der Waals surface area contributed by atoms with Crippen LogP contribution >= 0.6 is 0 Å². The zero-order valence-electron chi connectivity index (χ0n) is 21.3. The lowest BCUT2D eigenvalue weighted by Crippen LogP contribution is -2.26. The van der Waals surface area contributed by atoms with Crippen LogP contribution in [0.15, 0.2) is 46.7 Å². The summed E-state index contributed by atoms with van der Waals surface area (Å²) in [5.74, 6) is 0.555. The van der Waals surface area contributed by atoms with Gasteiger partial charge in [-0.25, -0.2) is 0 Å². The summed E-state index contributed by atoms with van der Waals surface area (Å²) in [6.07, 6.45) is 3.63. The summed E-state index contributed by atoms with van der Waals surface area (Å²) < 4.78 is 0. The highest BCUT2D eigenvalue weighted by Gasteiger charge is 2.42. The Morgan fingerprint density at radius 2 is 1.61 bits per heavy atom. The number of aliphatic imine (C=N–C) groups is 1. The quantitative estimate of drug-likeness (QED) is 0.310. The SMILES string of the molecule is CC(C)CCC1C(O)=C(C(CC(C)C)=NCc2ccccc2)C(=O)C1O.CC(C)CCC=O. The molecular weight excluding hydrogens is 414 g/mol. The fourth-order valence-corrected chi connectivity index (χ4v) is 3.69. The number of carbonyl (C=O) groups excluding carboxylic acids is 2. The fraction of sp³-hybridized carbons (Fsp3) is 0.607. The molecule has 1 aromatic carbocycles. The van der Waals surface area contributed by atoms with Crippen molar-refractivity contribution in [2.24, 2.45) is 28.7 Å². The van der Waals surface area contributed by atoms with Gasteiger partial charge in [0.05, 0.1) is 18.0 Å². The Bertz CT molecular complexity index is 793. The highest BCUT2D eigenvalue weighted by Crippen LogP contribution is 2.34. The number of aldehydes is 1. The second-order valence-electron chi connectivity index (χ2n) is 10.1. The molecule has 0 amide bonds. The van der Waals surface area contributed by atoms with Gasteiger partial charge in [-0.05, 0) is 42.6 Å². The van der Waals surface area contributed by atoms with Crippen molar-refractivity contribution in [1.82, 2.24) is 0 Å². The van der Waals surface area contributed by atoms with Gasteiger partial charge in [0.1, 0.15) is 18.1 Å². The normalized spacial score (nSPS) is 18.8. The van der Waals surface area contributed by atoms with Gasteiger partial charge in [0.25, 0.3) is 0 Å². The summed E-state index contributed by atoms with van der Waals surface area (Å²) in [5, 5.41) is 21.1. The van der Waals surface area contributed by atoms with Crippen molar-refractivity contribution in [2.75, 3.05) is 0 Å². The molecule has 33 heavy (non-hydrogen) atoms. The molecule has 2 atom stereocenters. The first-order valence-electron chi connectivity index (χ1n) is 12.2. The molecule has 0 aliphatic heterocycles. The topological polar surface area (TPSA) is 87.0 Å². The molecule has 5 heteroatoms. The average Bonchev–Trinajstić information content (AvgIpc) is 2.97. The molecule has 0 bridgehead atoms. The Morgan fingerprint density at radius 1 is 1.00 bits per heavy atom. The van der Waals surface area contributed by atoms with Gasteiger partial charge < -0.3 is 15.0 Å². The number of aliphatic hydroxyl groups is 2. The minimum Gasteiger partial charge on any atom is -0.511 e. The number of carbonyl (C=O) groups is 2. The molecule has 2 unspecified atom stereocenters. The van der Waals surface area contributed by atoms with E-state index in [1.165, 1.54) is 0 Å². The second-order valence-corrected chi connectivity index (χ2v) is 10.1. The molecular formula is C28H43NO4. The van der Waals surface area contributed by atoms with Gasteiger partial charge >= 0.3 is 0 Å². The Kier molecular flexibility index (Phi) is 12.9. The van der Waals surface area contributed by atoms with E-state index >= 15 is 0 Å². The van der Waals surface area contributed by atoms with Crippen LogP contribution in [0.25, 0.3) is 0 Å². The first-order valence-corrected chi connectivity index (χ1v) is 12.2. The molecule has 0 heterocycles. The van der Waals surface area contributed by atoms with E-state index in [9.17, 15) is 19.8 Å². The highest BCUT2D eigenvalue weighted by atomic mass is 16.3. The first kappa shape index (κ1) is 28.8.